The highest BCUT2D eigenvalue weighted by atomic mass is 32.2. The quantitative estimate of drug-likeness (QED) is 0.503. The highest BCUT2D eigenvalue weighted by Gasteiger charge is 2.22. The number of anilines is 1. The first-order chi connectivity index (χ1) is 15.2. The van der Waals surface area contributed by atoms with E-state index in [-0.39, 0.29) is 16.5 Å². The third-order valence-electron chi connectivity index (χ3n) is 5.11. The van der Waals surface area contributed by atoms with Crippen molar-refractivity contribution in [1.29, 1.82) is 0 Å². The van der Waals surface area contributed by atoms with Crippen LogP contribution in [0.2, 0.25) is 0 Å². The summed E-state index contributed by atoms with van der Waals surface area (Å²) in [5, 5.41) is 2.65. The molecule has 0 saturated carbocycles. The van der Waals surface area contributed by atoms with Crippen LogP contribution in [0.4, 0.5) is 10.1 Å². The molecule has 2 N–H and O–H groups in total. The molecule has 3 aromatic rings. The lowest BCUT2D eigenvalue weighted by Gasteiger charge is -2.18. The minimum Gasteiger partial charge on any atom is -0.322 e. The van der Waals surface area contributed by atoms with Gasteiger partial charge in [-0.3, -0.25) is 4.79 Å². The average molecular weight is 455 g/mol. The maximum Gasteiger partial charge on any atom is 0.258 e. The Hall–Kier alpha value is -3.03. The molecule has 0 aromatic heterocycles. The van der Waals surface area contributed by atoms with Crippen molar-refractivity contribution in [3.8, 4) is 0 Å². The van der Waals surface area contributed by atoms with Crippen molar-refractivity contribution in [3.63, 3.8) is 0 Å². The van der Waals surface area contributed by atoms with Crippen molar-refractivity contribution in [2.75, 3.05) is 5.32 Å². The van der Waals surface area contributed by atoms with Gasteiger partial charge in [0.1, 0.15) is 5.82 Å². The highest BCUT2D eigenvalue weighted by Crippen LogP contribution is 2.20. The van der Waals surface area contributed by atoms with Crippen LogP contribution in [0.15, 0.2) is 71.6 Å². The van der Waals surface area contributed by atoms with Crippen molar-refractivity contribution < 1.29 is 17.6 Å². The first-order valence-electron chi connectivity index (χ1n) is 10.4. The second-order valence-corrected chi connectivity index (χ2v) is 9.60. The molecule has 0 radical (unpaired) electrons. The lowest BCUT2D eigenvalue weighted by atomic mass is 10.1. The zero-order valence-corrected chi connectivity index (χ0v) is 19.2. The van der Waals surface area contributed by atoms with Crippen LogP contribution in [0.25, 0.3) is 0 Å². The van der Waals surface area contributed by atoms with Gasteiger partial charge in [0.05, 0.1) is 10.5 Å². The number of hydrogen-bond donors (Lipinski definition) is 2. The van der Waals surface area contributed by atoms with Crippen LogP contribution < -0.4 is 10.0 Å². The Morgan fingerprint density at radius 3 is 2.25 bits per heavy atom. The molecule has 0 fully saturated rings. The SMILES string of the molecule is CCC(Cc1ccccc1)NS(=O)(=O)c1ccc(F)c(C(=O)Nc2cc(C)cc(C)c2)c1. The molecule has 32 heavy (non-hydrogen) atoms. The second kappa shape index (κ2) is 10.1. The van der Waals surface area contributed by atoms with Crippen LogP contribution in [0.3, 0.4) is 0 Å². The maximum atomic E-state index is 14.4. The summed E-state index contributed by atoms with van der Waals surface area (Å²) >= 11 is 0. The van der Waals surface area contributed by atoms with Gasteiger partial charge in [0.25, 0.3) is 5.91 Å². The average Bonchev–Trinajstić information content (AvgIpc) is 2.73. The van der Waals surface area contributed by atoms with Gasteiger partial charge in [-0.1, -0.05) is 43.3 Å². The standard InChI is InChI=1S/C25H27FN2O3S/c1-4-20(15-19-8-6-5-7-9-19)28-32(30,31)22-10-11-24(26)23(16-22)25(29)27-21-13-17(2)12-18(3)14-21/h5-14,16,20,28H,4,15H2,1-3H3,(H,27,29). The molecule has 1 atom stereocenters. The number of aryl methyl sites for hydroxylation is 2. The molecule has 0 saturated heterocycles. The van der Waals surface area contributed by atoms with E-state index in [1.54, 1.807) is 12.1 Å². The van der Waals surface area contributed by atoms with Gasteiger partial charge in [-0.05, 0) is 73.7 Å². The predicted octanol–water partition coefficient (Wildman–Crippen LogP) is 4.99. The Balaban J connectivity index is 1.81. The molecule has 0 heterocycles. The molecule has 1 amide bonds. The van der Waals surface area contributed by atoms with Crippen molar-refractivity contribution >= 4 is 21.6 Å². The molecule has 168 valence electrons. The summed E-state index contributed by atoms with van der Waals surface area (Å²) in [5.74, 6) is -1.50. The van der Waals surface area contributed by atoms with E-state index in [2.05, 4.69) is 10.0 Å². The normalized spacial score (nSPS) is 12.4. The van der Waals surface area contributed by atoms with E-state index >= 15 is 0 Å². The molecule has 1 unspecified atom stereocenters. The van der Waals surface area contributed by atoms with Gasteiger partial charge in [0, 0.05) is 11.7 Å². The van der Waals surface area contributed by atoms with Gasteiger partial charge in [-0.2, -0.15) is 0 Å². The molecule has 5 nitrogen and oxygen atoms in total. The van der Waals surface area contributed by atoms with Gasteiger partial charge >= 0.3 is 0 Å². The summed E-state index contributed by atoms with van der Waals surface area (Å²) in [4.78, 5) is 12.5. The van der Waals surface area contributed by atoms with E-state index in [9.17, 15) is 17.6 Å². The summed E-state index contributed by atoms with van der Waals surface area (Å²) in [6.45, 7) is 5.67. The van der Waals surface area contributed by atoms with E-state index in [0.717, 1.165) is 28.8 Å². The Labute approximate surface area is 188 Å². The minimum absolute atomic E-state index is 0.156. The minimum atomic E-state index is -3.95. The van der Waals surface area contributed by atoms with Crippen molar-refractivity contribution in [1.82, 2.24) is 4.72 Å². The summed E-state index contributed by atoms with van der Waals surface area (Å²) in [6, 6.07) is 18.0. The zero-order chi connectivity index (χ0) is 23.3. The molecule has 0 bridgehead atoms. The fourth-order valence-corrected chi connectivity index (χ4v) is 4.89. The predicted molar refractivity (Wildman–Crippen MR) is 125 cm³/mol. The molecular weight excluding hydrogens is 427 g/mol. The maximum absolute atomic E-state index is 14.4. The van der Waals surface area contributed by atoms with Gasteiger partial charge in [-0.15, -0.1) is 0 Å². The molecule has 7 heteroatoms. The van der Waals surface area contributed by atoms with E-state index in [4.69, 9.17) is 0 Å². The van der Waals surface area contributed by atoms with Crippen molar-refractivity contribution in [2.45, 2.75) is 44.6 Å². The largest absolute Gasteiger partial charge is 0.322 e. The Morgan fingerprint density at radius 2 is 1.62 bits per heavy atom. The van der Waals surface area contributed by atoms with E-state index in [1.807, 2.05) is 57.2 Å². The molecule has 0 spiro atoms. The Bertz CT molecular complexity index is 1190. The van der Waals surface area contributed by atoms with Gasteiger partial charge in [-0.25, -0.2) is 17.5 Å². The van der Waals surface area contributed by atoms with Crippen molar-refractivity contribution in [2.24, 2.45) is 0 Å². The molecule has 3 rings (SSSR count). The van der Waals surface area contributed by atoms with Crippen LogP contribution >= 0.6 is 0 Å². The molecular formula is C25H27FN2O3S. The lowest BCUT2D eigenvalue weighted by Crippen LogP contribution is -2.36. The van der Waals surface area contributed by atoms with Crippen molar-refractivity contribution in [3.05, 3.63) is 94.8 Å². The number of carbonyl (C=O) groups is 1. The molecule has 0 aliphatic heterocycles. The smallest absolute Gasteiger partial charge is 0.258 e. The lowest BCUT2D eigenvalue weighted by molar-refractivity contribution is 0.102. The van der Waals surface area contributed by atoms with E-state index in [1.165, 1.54) is 6.07 Å². The summed E-state index contributed by atoms with van der Waals surface area (Å²) in [7, 11) is -3.95. The first kappa shape index (κ1) is 23.6. The Morgan fingerprint density at radius 1 is 0.969 bits per heavy atom. The third-order valence-corrected chi connectivity index (χ3v) is 6.63. The number of nitrogens with one attached hydrogen (secondary N) is 2. The molecule has 3 aromatic carbocycles. The number of benzene rings is 3. The fraction of sp³-hybridized carbons (Fsp3) is 0.240. The summed E-state index contributed by atoms with van der Waals surface area (Å²) in [5.41, 5.74) is 3.10. The second-order valence-electron chi connectivity index (χ2n) is 7.89. The van der Waals surface area contributed by atoms with E-state index < -0.39 is 21.7 Å². The fourth-order valence-electron chi connectivity index (χ4n) is 3.55. The van der Waals surface area contributed by atoms with Crippen LogP contribution in [0, 0.1) is 19.7 Å². The molecule has 0 aliphatic carbocycles. The zero-order valence-electron chi connectivity index (χ0n) is 18.4. The topological polar surface area (TPSA) is 75.3 Å². The number of halogens is 1. The van der Waals surface area contributed by atoms with Crippen LogP contribution in [-0.2, 0) is 16.4 Å². The number of sulfonamides is 1. The monoisotopic (exact) mass is 454 g/mol. The van der Waals surface area contributed by atoms with Gasteiger partial charge in [0.15, 0.2) is 0 Å². The highest BCUT2D eigenvalue weighted by molar-refractivity contribution is 7.89. The van der Waals surface area contributed by atoms with E-state index in [0.29, 0.717) is 18.5 Å². The third kappa shape index (κ3) is 6.02. The molecule has 0 aliphatic rings. The summed E-state index contributed by atoms with van der Waals surface area (Å²) in [6.07, 6.45) is 1.10. The van der Waals surface area contributed by atoms with Crippen LogP contribution in [0.1, 0.15) is 40.4 Å². The van der Waals surface area contributed by atoms with Gasteiger partial charge in [0.2, 0.25) is 10.0 Å². The van der Waals surface area contributed by atoms with Gasteiger partial charge < -0.3 is 5.32 Å². The van der Waals surface area contributed by atoms with Crippen LogP contribution in [-0.4, -0.2) is 20.4 Å². The number of rotatable bonds is 8. The first-order valence-corrected chi connectivity index (χ1v) is 11.9. The number of amides is 1. The number of carbonyl (C=O) groups excluding carboxylic acids is 1. The number of hydrogen-bond acceptors (Lipinski definition) is 3. The Kier molecular flexibility index (Phi) is 7.43. The summed E-state index contributed by atoms with van der Waals surface area (Å²) < 4.78 is 43.0. The van der Waals surface area contributed by atoms with Crippen LogP contribution in [0.5, 0.6) is 0 Å².